The average Bonchev–Trinajstić information content (AvgIpc) is 2.18. The summed E-state index contributed by atoms with van der Waals surface area (Å²) in [6.45, 7) is 0. The lowest BCUT2D eigenvalue weighted by molar-refractivity contribution is 0.421. The zero-order valence-electron chi connectivity index (χ0n) is 8.42. The summed E-state index contributed by atoms with van der Waals surface area (Å²) in [5.74, 6) is 0.576. The predicted octanol–water partition coefficient (Wildman–Crippen LogP) is 1.19. The Balaban J connectivity index is 2.34. The quantitative estimate of drug-likeness (QED) is 0.521. The number of guanidine groups is 1. The van der Waals surface area contributed by atoms with Crippen LogP contribution in [0, 0.1) is 0 Å². The van der Waals surface area contributed by atoms with Gasteiger partial charge in [0.15, 0.2) is 5.96 Å². The van der Waals surface area contributed by atoms with Gasteiger partial charge in [-0.15, -0.1) is 0 Å². The van der Waals surface area contributed by atoms with Crippen LogP contribution in [0.2, 0.25) is 0 Å². The molecule has 76 valence electrons. The summed E-state index contributed by atoms with van der Waals surface area (Å²) in [4.78, 5) is 3.91. The molecule has 0 amide bonds. The molecule has 2 atom stereocenters. The number of hydrogen-bond donors (Lipinski definition) is 2. The first-order chi connectivity index (χ1) is 6.26. The van der Waals surface area contributed by atoms with Crippen molar-refractivity contribution in [2.24, 2.45) is 10.7 Å². The molecule has 1 fully saturated rings. The van der Waals surface area contributed by atoms with Crippen LogP contribution in [0.3, 0.4) is 0 Å². The third-order valence-electron chi connectivity index (χ3n) is 2.55. The first-order valence-corrected chi connectivity index (χ1v) is 6.06. The van der Waals surface area contributed by atoms with Gasteiger partial charge in [0.2, 0.25) is 0 Å². The lowest BCUT2D eigenvalue weighted by Crippen LogP contribution is -2.42. The van der Waals surface area contributed by atoms with E-state index in [4.69, 9.17) is 5.73 Å². The van der Waals surface area contributed by atoms with Crippen molar-refractivity contribution in [3.05, 3.63) is 0 Å². The van der Waals surface area contributed by atoms with Crippen molar-refractivity contribution in [2.45, 2.75) is 37.0 Å². The molecule has 0 heterocycles. The van der Waals surface area contributed by atoms with Crippen molar-refractivity contribution in [3.8, 4) is 0 Å². The van der Waals surface area contributed by atoms with Crippen molar-refractivity contribution >= 4 is 17.7 Å². The molecule has 13 heavy (non-hydrogen) atoms. The largest absolute Gasteiger partial charge is 0.370 e. The summed E-state index contributed by atoms with van der Waals surface area (Å²) in [6.07, 6.45) is 7.29. The summed E-state index contributed by atoms with van der Waals surface area (Å²) >= 11 is 1.96. The van der Waals surface area contributed by atoms with E-state index in [0.717, 1.165) is 5.25 Å². The van der Waals surface area contributed by atoms with Gasteiger partial charge in [-0.3, -0.25) is 4.99 Å². The minimum Gasteiger partial charge on any atom is -0.370 e. The second kappa shape index (κ2) is 5.37. The van der Waals surface area contributed by atoms with Crippen LogP contribution in [-0.2, 0) is 0 Å². The number of nitrogens with zero attached hydrogens (tertiary/aromatic N) is 1. The summed E-state index contributed by atoms with van der Waals surface area (Å²) in [6, 6.07) is 0.537. The third kappa shape index (κ3) is 3.46. The Labute approximate surface area is 84.6 Å². The number of aliphatic imine (C=N–C) groups is 1. The van der Waals surface area contributed by atoms with Gasteiger partial charge in [0.1, 0.15) is 0 Å². The Morgan fingerprint density at radius 3 is 2.92 bits per heavy atom. The van der Waals surface area contributed by atoms with Gasteiger partial charge in [-0.05, 0) is 25.5 Å². The normalized spacial score (nSPS) is 30.2. The monoisotopic (exact) mass is 201 g/mol. The topological polar surface area (TPSA) is 50.4 Å². The molecule has 0 aromatic rings. The highest BCUT2D eigenvalue weighted by Gasteiger charge is 2.21. The van der Waals surface area contributed by atoms with E-state index in [1.54, 1.807) is 7.05 Å². The summed E-state index contributed by atoms with van der Waals surface area (Å²) in [5.41, 5.74) is 5.62. The molecule has 0 aliphatic heterocycles. The molecule has 0 aromatic heterocycles. The molecule has 4 heteroatoms. The van der Waals surface area contributed by atoms with Gasteiger partial charge in [-0.1, -0.05) is 6.42 Å². The Morgan fingerprint density at radius 2 is 2.31 bits per heavy atom. The summed E-state index contributed by atoms with van der Waals surface area (Å²) in [7, 11) is 1.72. The maximum atomic E-state index is 5.62. The molecular weight excluding hydrogens is 182 g/mol. The minimum absolute atomic E-state index is 0.537. The van der Waals surface area contributed by atoms with Gasteiger partial charge < -0.3 is 11.1 Å². The molecule has 0 aromatic carbocycles. The lowest BCUT2D eigenvalue weighted by atomic mass is 9.95. The van der Waals surface area contributed by atoms with Gasteiger partial charge in [-0.25, -0.2) is 0 Å². The van der Waals surface area contributed by atoms with Crippen LogP contribution in [0.1, 0.15) is 25.7 Å². The maximum Gasteiger partial charge on any atom is 0.188 e. The fraction of sp³-hybridized carbons (Fsp3) is 0.889. The molecule has 0 spiro atoms. The number of nitrogens with two attached hydrogens (primary N) is 1. The van der Waals surface area contributed by atoms with Crippen LogP contribution in [0.25, 0.3) is 0 Å². The first kappa shape index (κ1) is 10.7. The van der Waals surface area contributed by atoms with E-state index >= 15 is 0 Å². The Morgan fingerprint density at radius 1 is 1.54 bits per heavy atom. The van der Waals surface area contributed by atoms with Crippen LogP contribution >= 0.6 is 11.8 Å². The standard InChI is InChI=1S/C9H19N3S/c1-11-9(10)12-7-4-3-5-8(6-7)13-2/h7-8H,3-6H2,1-2H3,(H3,10,11,12). The minimum atomic E-state index is 0.537. The van der Waals surface area contributed by atoms with E-state index in [2.05, 4.69) is 16.6 Å². The van der Waals surface area contributed by atoms with E-state index in [9.17, 15) is 0 Å². The van der Waals surface area contributed by atoms with Gasteiger partial charge >= 0.3 is 0 Å². The molecule has 3 N–H and O–H groups in total. The molecule has 0 bridgehead atoms. The molecule has 3 nitrogen and oxygen atoms in total. The zero-order valence-corrected chi connectivity index (χ0v) is 9.23. The predicted molar refractivity (Wildman–Crippen MR) is 60.2 cm³/mol. The number of thioether (sulfide) groups is 1. The van der Waals surface area contributed by atoms with Gasteiger partial charge in [0.05, 0.1) is 0 Å². The Kier molecular flexibility index (Phi) is 4.42. The molecule has 0 radical (unpaired) electrons. The maximum absolute atomic E-state index is 5.62. The second-order valence-electron chi connectivity index (χ2n) is 3.47. The van der Waals surface area contributed by atoms with Crippen LogP contribution in [0.15, 0.2) is 4.99 Å². The number of hydrogen-bond acceptors (Lipinski definition) is 2. The molecule has 1 saturated carbocycles. The van der Waals surface area contributed by atoms with Crippen LogP contribution in [0.5, 0.6) is 0 Å². The SMILES string of the molecule is CN=C(N)NC1CCCC(SC)C1. The van der Waals surface area contributed by atoms with E-state index in [1.807, 2.05) is 11.8 Å². The van der Waals surface area contributed by atoms with Crippen LogP contribution in [0.4, 0.5) is 0 Å². The fourth-order valence-corrected chi connectivity index (χ4v) is 2.59. The summed E-state index contributed by atoms with van der Waals surface area (Å²) in [5, 5.41) is 4.05. The molecule has 1 rings (SSSR count). The molecule has 1 aliphatic rings. The Bertz CT molecular complexity index is 182. The zero-order chi connectivity index (χ0) is 9.68. The van der Waals surface area contributed by atoms with Gasteiger partial charge in [-0.2, -0.15) is 11.8 Å². The van der Waals surface area contributed by atoms with Gasteiger partial charge in [0, 0.05) is 18.3 Å². The van der Waals surface area contributed by atoms with Gasteiger partial charge in [0.25, 0.3) is 0 Å². The smallest absolute Gasteiger partial charge is 0.188 e. The highest BCUT2D eigenvalue weighted by Crippen LogP contribution is 2.26. The van der Waals surface area contributed by atoms with Crippen molar-refractivity contribution in [3.63, 3.8) is 0 Å². The van der Waals surface area contributed by atoms with Crippen LogP contribution < -0.4 is 11.1 Å². The van der Waals surface area contributed by atoms with Crippen molar-refractivity contribution in [2.75, 3.05) is 13.3 Å². The first-order valence-electron chi connectivity index (χ1n) is 4.78. The highest BCUT2D eigenvalue weighted by molar-refractivity contribution is 7.99. The molecule has 1 aliphatic carbocycles. The van der Waals surface area contributed by atoms with E-state index in [1.165, 1.54) is 25.7 Å². The van der Waals surface area contributed by atoms with Crippen molar-refractivity contribution in [1.82, 2.24) is 5.32 Å². The average molecular weight is 201 g/mol. The third-order valence-corrected chi connectivity index (χ3v) is 3.65. The van der Waals surface area contributed by atoms with E-state index in [0.29, 0.717) is 12.0 Å². The number of rotatable bonds is 2. The van der Waals surface area contributed by atoms with Crippen molar-refractivity contribution in [1.29, 1.82) is 0 Å². The van der Waals surface area contributed by atoms with E-state index < -0.39 is 0 Å². The number of nitrogens with one attached hydrogen (secondary N) is 1. The van der Waals surface area contributed by atoms with E-state index in [-0.39, 0.29) is 0 Å². The Hall–Kier alpha value is -0.380. The second-order valence-corrected chi connectivity index (χ2v) is 4.61. The van der Waals surface area contributed by atoms with Crippen molar-refractivity contribution < 1.29 is 0 Å². The molecule has 2 unspecified atom stereocenters. The fourth-order valence-electron chi connectivity index (χ4n) is 1.76. The van der Waals surface area contributed by atoms with Crippen LogP contribution in [-0.4, -0.2) is 30.6 Å². The highest BCUT2D eigenvalue weighted by atomic mass is 32.2. The molecular formula is C9H19N3S. The lowest BCUT2D eigenvalue weighted by Gasteiger charge is -2.28. The summed E-state index contributed by atoms with van der Waals surface area (Å²) < 4.78 is 0. The molecule has 0 saturated heterocycles.